The van der Waals surface area contributed by atoms with Gasteiger partial charge in [-0.1, -0.05) is 95.4 Å². The number of carbonyl (C=O) groups is 2. The summed E-state index contributed by atoms with van der Waals surface area (Å²) < 4.78 is 0.638. The number of hydrogen-bond acceptors (Lipinski definition) is 8. The number of fused-ring (bicyclic) bond motifs is 1. The molecule has 0 spiro atoms. The van der Waals surface area contributed by atoms with Crippen LogP contribution < -0.4 is 4.90 Å². The van der Waals surface area contributed by atoms with Gasteiger partial charge >= 0.3 is 5.91 Å². The van der Waals surface area contributed by atoms with Crippen molar-refractivity contribution in [1.29, 1.82) is 0 Å². The van der Waals surface area contributed by atoms with E-state index in [1.807, 2.05) is 44.2 Å². The van der Waals surface area contributed by atoms with Crippen molar-refractivity contribution in [3.8, 4) is 5.75 Å². The zero-order valence-corrected chi connectivity index (χ0v) is 23.9. The lowest BCUT2D eigenvalue weighted by Crippen LogP contribution is -2.29. The Bertz CT molecular complexity index is 1860. The standard InChI is InChI=1S/C32H25N3O4S2/c1-18-13-14-19(2)25(15-18)28(37)26-27(21-9-6-11-23(36)16-21)35(30(39)29(26)38)31-33-34-32(41-31)40-17-22-10-5-8-20-7-3-4-12-24(20)22/h3-16,27,36-37H,17H2,1-2H3/b28-26+. The van der Waals surface area contributed by atoms with Gasteiger partial charge in [-0.2, -0.15) is 0 Å². The van der Waals surface area contributed by atoms with Crippen LogP contribution in [0.3, 0.4) is 0 Å². The molecule has 0 bridgehead atoms. The van der Waals surface area contributed by atoms with Crippen molar-refractivity contribution in [2.24, 2.45) is 0 Å². The van der Waals surface area contributed by atoms with Gasteiger partial charge in [-0.05, 0) is 59.5 Å². The van der Waals surface area contributed by atoms with Crippen LogP contribution in [0.5, 0.6) is 5.75 Å². The van der Waals surface area contributed by atoms with Crippen molar-refractivity contribution >= 4 is 56.5 Å². The number of thioether (sulfide) groups is 1. The van der Waals surface area contributed by atoms with Gasteiger partial charge in [-0.3, -0.25) is 14.5 Å². The van der Waals surface area contributed by atoms with Gasteiger partial charge in [-0.15, -0.1) is 10.2 Å². The van der Waals surface area contributed by atoms with Crippen molar-refractivity contribution < 1.29 is 19.8 Å². The summed E-state index contributed by atoms with van der Waals surface area (Å²) in [7, 11) is 0. The number of carbonyl (C=O) groups excluding carboxylic acids is 2. The molecule has 4 aromatic carbocycles. The second kappa shape index (κ2) is 10.8. The molecule has 2 N–H and O–H groups in total. The van der Waals surface area contributed by atoms with Crippen LogP contribution in [0, 0.1) is 13.8 Å². The fourth-order valence-electron chi connectivity index (χ4n) is 5.09. The van der Waals surface area contributed by atoms with E-state index < -0.39 is 17.7 Å². The molecule has 9 heteroatoms. The summed E-state index contributed by atoms with van der Waals surface area (Å²) in [6.45, 7) is 3.72. The minimum absolute atomic E-state index is 0.0246. The molecular formula is C32H25N3O4S2. The van der Waals surface area contributed by atoms with Crippen LogP contribution in [0.25, 0.3) is 16.5 Å². The molecule has 1 amide bonds. The third-order valence-corrected chi connectivity index (χ3v) is 9.22. The van der Waals surface area contributed by atoms with Crippen molar-refractivity contribution in [2.45, 2.75) is 30.0 Å². The van der Waals surface area contributed by atoms with Crippen LogP contribution in [0.1, 0.15) is 33.9 Å². The molecule has 1 aromatic heterocycles. The fraction of sp³-hybridized carbons (Fsp3) is 0.125. The number of aryl methyl sites for hydroxylation is 2. The highest BCUT2D eigenvalue weighted by molar-refractivity contribution is 8.00. The van der Waals surface area contributed by atoms with Gasteiger partial charge in [0, 0.05) is 11.3 Å². The fourth-order valence-corrected chi connectivity index (χ4v) is 6.96. The lowest BCUT2D eigenvalue weighted by Gasteiger charge is -2.23. The molecule has 204 valence electrons. The number of hydrogen-bond donors (Lipinski definition) is 2. The molecule has 1 fully saturated rings. The van der Waals surface area contributed by atoms with Gasteiger partial charge in [0.2, 0.25) is 5.13 Å². The van der Waals surface area contributed by atoms with Crippen LogP contribution in [0.15, 0.2) is 94.8 Å². The number of aromatic nitrogens is 2. The molecule has 2 heterocycles. The van der Waals surface area contributed by atoms with Gasteiger partial charge in [0.15, 0.2) is 4.34 Å². The quantitative estimate of drug-likeness (QED) is 0.0739. The number of amides is 1. The highest BCUT2D eigenvalue weighted by Gasteiger charge is 2.48. The Labute approximate surface area is 244 Å². The predicted molar refractivity (Wildman–Crippen MR) is 162 cm³/mol. The Hall–Kier alpha value is -4.47. The maximum absolute atomic E-state index is 13.5. The maximum Gasteiger partial charge on any atom is 0.301 e. The third-order valence-electron chi connectivity index (χ3n) is 7.11. The molecule has 6 rings (SSSR count). The second-order valence-corrected chi connectivity index (χ2v) is 12.0. The monoisotopic (exact) mass is 579 g/mol. The van der Waals surface area contributed by atoms with E-state index in [0.717, 1.165) is 27.5 Å². The number of phenols is 1. The minimum Gasteiger partial charge on any atom is -0.508 e. The molecule has 1 aliphatic rings. The summed E-state index contributed by atoms with van der Waals surface area (Å²) in [5.74, 6) is -1.28. The molecule has 0 radical (unpaired) electrons. The molecule has 7 nitrogen and oxygen atoms in total. The normalized spacial score (nSPS) is 16.5. The summed E-state index contributed by atoms with van der Waals surface area (Å²) in [4.78, 5) is 28.3. The first-order valence-electron chi connectivity index (χ1n) is 12.9. The summed E-state index contributed by atoms with van der Waals surface area (Å²) in [6, 6.07) is 25.2. The number of Topliss-reactive ketones (excluding diaryl/α,β-unsaturated/α-hetero) is 1. The number of benzene rings is 4. The molecule has 41 heavy (non-hydrogen) atoms. The van der Waals surface area contributed by atoms with Crippen LogP contribution in [-0.2, 0) is 15.3 Å². The van der Waals surface area contributed by atoms with Gasteiger partial charge in [-0.25, -0.2) is 0 Å². The summed E-state index contributed by atoms with van der Waals surface area (Å²) >= 11 is 2.70. The van der Waals surface area contributed by atoms with E-state index >= 15 is 0 Å². The highest BCUT2D eigenvalue weighted by atomic mass is 32.2. The Balaban J connectivity index is 1.39. The number of anilines is 1. The number of aliphatic hydroxyl groups excluding tert-OH is 1. The predicted octanol–water partition coefficient (Wildman–Crippen LogP) is 6.93. The average Bonchev–Trinajstić information content (AvgIpc) is 3.54. The third kappa shape index (κ3) is 4.98. The topological polar surface area (TPSA) is 104 Å². The van der Waals surface area contributed by atoms with Crippen molar-refractivity contribution in [2.75, 3.05) is 4.90 Å². The molecule has 1 saturated heterocycles. The van der Waals surface area contributed by atoms with E-state index in [1.165, 1.54) is 40.1 Å². The van der Waals surface area contributed by atoms with E-state index in [1.54, 1.807) is 18.2 Å². The van der Waals surface area contributed by atoms with E-state index in [-0.39, 0.29) is 22.2 Å². The van der Waals surface area contributed by atoms with Crippen LogP contribution >= 0.6 is 23.1 Å². The minimum atomic E-state index is -0.995. The lowest BCUT2D eigenvalue weighted by atomic mass is 9.93. The smallest absolute Gasteiger partial charge is 0.301 e. The van der Waals surface area contributed by atoms with Crippen molar-refractivity contribution in [1.82, 2.24) is 10.2 Å². The largest absolute Gasteiger partial charge is 0.508 e. The maximum atomic E-state index is 13.5. The first kappa shape index (κ1) is 26.7. The molecule has 1 unspecified atom stereocenters. The number of aliphatic hydroxyl groups is 1. The Morgan fingerprint density at radius 3 is 2.56 bits per heavy atom. The van der Waals surface area contributed by atoms with Gasteiger partial charge in [0.25, 0.3) is 5.78 Å². The average molecular weight is 580 g/mol. The number of ketones is 1. The lowest BCUT2D eigenvalue weighted by molar-refractivity contribution is -0.132. The Kier molecular flexibility index (Phi) is 7.07. The van der Waals surface area contributed by atoms with Gasteiger partial charge in [0.1, 0.15) is 11.5 Å². The number of aromatic hydroxyl groups is 1. The first-order chi connectivity index (χ1) is 19.8. The molecular weight excluding hydrogens is 555 g/mol. The van der Waals surface area contributed by atoms with Crippen LogP contribution in [0.2, 0.25) is 0 Å². The molecule has 1 aliphatic heterocycles. The zero-order chi connectivity index (χ0) is 28.7. The van der Waals surface area contributed by atoms with E-state index in [0.29, 0.717) is 21.2 Å². The van der Waals surface area contributed by atoms with E-state index in [4.69, 9.17) is 0 Å². The zero-order valence-electron chi connectivity index (χ0n) is 22.2. The molecule has 0 aliphatic carbocycles. The van der Waals surface area contributed by atoms with Gasteiger partial charge in [0.05, 0.1) is 11.6 Å². The molecule has 1 atom stereocenters. The molecule has 0 saturated carbocycles. The Morgan fingerprint density at radius 2 is 1.73 bits per heavy atom. The van der Waals surface area contributed by atoms with E-state index in [9.17, 15) is 19.8 Å². The van der Waals surface area contributed by atoms with E-state index in [2.05, 4.69) is 34.5 Å². The molecule has 5 aromatic rings. The van der Waals surface area contributed by atoms with Crippen molar-refractivity contribution in [3.63, 3.8) is 0 Å². The Morgan fingerprint density at radius 1 is 0.951 bits per heavy atom. The first-order valence-corrected chi connectivity index (χ1v) is 14.7. The second-order valence-electron chi connectivity index (χ2n) is 9.86. The summed E-state index contributed by atoms with van der Waals surface area (Å²) in [5, 5.41) is 32.9. The SMILES string of the molecule is Cc1ccc(C)c(/C(O)=C2\C(=O)C(=O)N(c3nnc(SCc4cccc5ccccc45)s3)C2c2cccc(O)c2)c1. The summed E-state index contributed by atoms with van der Waals surface area (Å²) in [5.41, 5.74) is 3.69. The van der Waals surface area contributed by atoms with Crippen LogP contribution in [-0.4, -0.2) is 32.1 Å². The summed E-state index contributed by atoms with van der Waals surface area (Å²) in [6.07, 6.45) is 0. The van der Waals surface area contributed by atoms with Gasteiger partial charge < -0.3 is 10.2 Å². The number of nitrogens with zero attached hydrogens (tertiary/aromatic N) is 3. The number of phenolic OH excluding ortho intramolecular Hbond substituents is 1. The highest BCUT2D eigenvalue weighted by Crippen LogP contribution is 2.45. The van der Waals surface area contributed by atoms with Crippen LogP contribution in [0.4, 0.5) is 5.13 Å². The van der Waals surface area contributed by atoms with Crippen molar-refractivity contribution in [3.05, 3.63) is 118 Å². The number of rotatable bonds is 6.